The molecule has 0 atom stereocenters. The molecule has 0 aliphatic heterocycles. The van der Waals surface area contributed by atoms with Crippen LogP contribution in [0.1, 0.15) is 5.56 Å². The second kappa shape index (κ2) is 7.73. The summed E-state index contributed by atoms with van der Waals surface area (Å²) in [6, 6.07) is 20.9. The van der Waals surface area contributed by atoms with Gasteiger partial charge >= 0.3 is 0 Å². The summed E-state index contributed by atoms with van der Waals surface area (Å²) in [5, 5.41) is 17.7. The SMILES string of the molecule is Cc1ccc(Cl)cc1NC(=O)/C(C#N)=C\Nc1ccc2ccccc2c1. The standard InChI is InChI=1S/C21H16ClN3O/c1-14-6-8-18(22)11-20(14)25-21(26)17(12-23)13-24-19-9-7-15-4-2-3-5-16(15)10-19/h2-11,13,24H,1H3,(H,25,26)/b17-13-. The Bertz CT molecular complexity index is 1050. The van der Waals surface area contributed by atoms with Crippen LogP contribution in [0.15, 0.2) is 72.4 Å². The smallest absolute Gasteiger partial charge is 0.267 e. The Morgan fingerprint density at radius 3 is 2.62 bits per heavy atom. The van der Waals surface area contributed by atoms with Crippen LogP contribution in [0.2, 0.25) is 5.02 Å². The van der Waals surface area contributed by atoms with Crippen LogP contribution in [-0.4, -0.2) is 5.91 Å². The summed E-state index contributed by atoms with van der Waals surface area (Å²) in [7, 11) is 0. The molecule has 0 saturated carbocycles. The predicted octanol–water partition coefficient (Wildman–Crippen LogP) is 5.26. The molecule has 3 aromatic carbocycles. The first-order valence-electron chi connectivity index (χ1n) is 8.00. The Balaban J connectivity index is 1.77. The van der Waals surface area contributed by atoms with Gasteiger partial charge < -0.3 is 10.6 Å². The van der Waals surface area contributed by atoms with Gasteiger partial charge in [-0.15, -0.1) is 0 Å². The molecule has 1 amide bonds. The summed E-state index contributed by atoms with van der Waals surface area (Å²) >= 11 is 5.96. The maximum atomic E-state index is 12.4. The first kappa shape index (κ1) is 17.5. The van der Waals surface area contributed by atoms with E-state index in [9.17, 15) is 10.1 Å². The van der Waals surface area contributed by atoms with Crippen LogP contribution in [0, 0.1) is 18.3 Å². The van der Waals surface area contributed by atoms with Gasteiger partial charge in [-0.2, -0.15) is 5.26 Å². The van der Waals surface area contributed by atoms with Crippen molar-refractivity contribution in [1.29, 1.82) is 5.26 Å². The molecule has 26 heavy (non-hydrogen) atoms. The molecule has 0 spiro atoms. The number of hydrogen-bond acceptors (Lipinski definition) is 3. The normalized spacial score (nSPS) is 11.0. The van der Waals surface area contributed by atoms with Crippen molar-refractivity contribution < 1.29 is 4.79 Å². The second-order valence-electron chi connectivity index (χ2n) is 5.79. The number of hydrogen-bond donors (Lipinski definition) is 2. The van der Waals surface area contributed by atoms with Gasteiger partial charge in [0.2, 0.25) is 0 Å². The monoisotopic (exact) mass is 361 g/mol. The number of rotatable bonds is 4. The van der Waals surface area contributed by atoms with Crippen LogP contribution in [0.5, 0.6) is 0 Å². The second-order valence-corrected chi connectivity index (χ2v) is 6.23. The number of carbonyl (C=O) groups is 1. The highest BCUT2D eigenvalue weighted by Gasteiger charge is 2.11. The number of fused-ring (bicyclic) bond motifs is 1. The number of amides is 1. The zero-order chi connectivity index (χ0) is 18.5. The summed E-state index contributed by atoms with van der Waals surface area (Å²) in [4.78, 5) is 12.4. The summed E-state index contributed by atoms with van der Waals surface area (Å²) < 4.78 is 0. The molecule has 0 bridgehead atoms. The van der Waals surface area contributed by atoms with Gasteiger partial charge in [0.15, 0.2) is 0 Å². The van der Waals surface area contributed by atoms with Crippen LogP contribution in [-0.2, 0) is 4.79 Å². The van der Waals surface area contributed by atoms with Gasteiger partial charge in [-0.3, -0.25) is 4.79 Å². The van der Waals surface area contributed by atoms with Gasteiger partial charge in [-0.1, -0.05) is 48.0 Å². The minimum atomic E-state index is -0.494. The highest BCUT2D eigenvalue weighted by molar-refractivity contribution is 6.31. The number of carbonyl (C=O) groups excluding carboxylic acids is 1. The molecule has 0 saturated heterocycles. The third-order valence-corrected chi connectivity index (χ3v) is 4.18. The molecule has 0 aliphatic carbocycles. The molecule has 3 aromatic rings. The molecular weight excluding hydrogens is 346 g/mol. The molecule has 0 unspecified atom stereocenters. The van der Waals surface area contributed by atoms with Crippen molar-refractivity contribution in [3.63, 3.8) is 0 Å². The van der Waals surface area contributed by atoms with Crippen molar-refractivity contribution in [3.05, 3.63) is 83.0 Å². The minimum Gasteiger partial charge on any atom is -0.360 e. The third-order valence-electron chi connectivity index (χ3n) is 3.95. The van der Waals surface area contributed by atoms with E-state index in [-0.39, 0.29) is 5.57 Å². The zero-order valence-corrected chi connectivity index (χ0v) is 14.8. The molecule has 5 heteroatoms. The van der Waals surface area contributed by atoms with Crippen LogP contribution in [0.4, 0.5) is 11.4 Å². The van der Waals surface area contributed by atoms with Crippen molar-refractivity contribution in [2.45, 2.75) is 6.92 Å². The molecule has 3 rings (SSSR count). The maximum Gasteiger partial charge on any atom is 0.267 e. The number of aryl methyl sites for hydroxylation is 1. The Morgan fingerprint density at radius 2 is 1.85 bits per heavy atom. The molecule has 0 radical (unpaired) electrons. The van der Waals surface area contributed by atoms with Crippen molar-refractivity contribution in [3.8, 4) is 6.07 Å². The van der Waals surface area contributed by atoms with Gasteiger partial charge in [-0.05, 0) is 47.5 Å². The Hall–Kier alpha value is -3.29. The molecule has 0 aromatic heterocycles. The predicted molar refractivity (Wildman–Crippen MR) is 106 cm³/mol. The van der Waals surface area contributed by atoms with Gasteiger partial charge in [0.1, 0.15) is 11.6 Å². The van der Waals surface area contributed by atoms with Crippen LogP contribution in [0.3, 0.4) is 0 Å². The largest absolute Gasteiger partial charge is 0.360 e. The fourth-order valence-electron chi connectivity index (χ4n) is 2.50. The van der Waals surface area contributed by atoms with Gasteiger partial charge in [0.25, 0.3) is 5.91 Å². The molecular formula is C21H16ClN3O. The lowest BCUT2D eigenvalue weighted by Crippen LogP contribution is -2.15. The Morgan fingerprint density at radius 1 is 1.08 bits per heavy atom. The van der Waals surface area contributed by atoms with E-state index in [0.29, 0.717) is 10.7 Å². The lowest BCUT2D eigenvalue weighted by atomic mass is 10.1. The molecule has 4 nitrogen and oxygen atoms in total. The molecule has 0 aliphatic rings. The van der Waals surface area contributed by atoms with Crippen molar-refractivity contribution >= 4 is 39.7 Å². The maximum absolute atomic E-state index is 12.4. The molecule has 128 valence electrons. The number of nitrogens with zero attached hydrogens (tertiary/aromatic N) is 1. The highest BCUT2D eigenvalue weighted by atomic mass is 35.5. The first-order valence-corrected chi connectivity index (χ1v) is 8.38. The third kappa shape index (κ3) is 4.02. The highest BCUT2D eigenvalue weighted by Crippen LogP contribution is 2.21. The fraction of sp³-hybridized carbons (Fsp3) is 0.0476. The minimum absolute atomic E-state index is 0.0301. The summed E-state index contributed by atoms with van der Waals surface area (Å²) in [5.74, 6) is -0.494. The number of anilines is 2. The zero-order valence-electron chi connectivity index (χ0n) is 14.1. The average Bonchev–Trinajstić information content (AvgIpc) is 2.65. The summed E-state index contributed by atoms with van der Waals surface area (Å²) in [5.41, 5.74) is 2.21. The van der Waals surface area contributed by atoms with Crippen molar-refractivity contribution in [1.82, 2.24) is 0 Å². The van der Waals surface area contributed by atoms with Gasteiger partial charge in [0, 0.05) is 22.6 Å². The number of benzene rings is 3. The van der Waals surface area contributed by atoms with E-state index in [0.717, 1.165) is 22.0 Å². The van der Waals surface area contributed by atoms with Crippen molar-refractivity contribution in [2.75, 3.05) is 10.6 Å². The fourth-order valence-corrected chi connectivity index (χ4v) is 2.67. The Kier molecular flexibility index (Phi) is 5.21. The number of nitrogens with one attached hydrogen (secondary N) is 2. The van der Waals surface area contributed by atoms with E-state index in [4.69, 9.17) is 11.6 Å². The van der Waals surface area contributed by atoms with Crippen LogP contribution < -0.4 is 10.6 Å². The summed E-state index contributed by atoms with van der Waals surface area (Å²) in [6.07, 6.45) is 1.40. The number of nitriles is 1. The van der Waals surface area contributed by atoms with Gasteiger partial charge in [0.05, 0.1) is 0 Å². The summed E-state index contributed by atoms with van der Waals surface area (Å²) in [6.45, 7) is 1.86. The molecule has 0 heterocycles. The molecule has 2 N–H and O–H groups in total. The molecule has 0 fully saturated rings. The quantitative estimate of drug-likeness (QED) is 0.492. The van der Waals surface area contributed by atoms with E-state index >= 15 is 0 Å². The van der Waals surface area contributed by atoms with Crippen LogP contribution >= 0.6 is 11.6 Å². The van der Waals surface area contributed by atoms with E-state index in [1.165, 1.54) is 6.20 Å². The van der Waals surface area contributed by atoms with E-state index in [1.807, 2.05) is 55.5 Å². The van der Waals surface area contributed by atoms with E-state index < -0.39 is 5.91 Å². The van der Waals surface area contributed by atoms with Crippen LogP contribution in [0.25, 0.3) is 10.8 Å². The van der Waals surface area contributed by atoms with Gasteiger partial charge in [-0.25, -0.2) is 0 Å². The van der Waals surface area contributed by atoms with E-state index in [2.05, 4.69) is 10.6 Å². The Labute approximate surface area is 156 Å². The lowest BCUT2D eigenvalue weighted by Gasteiger charge is -2.09. The van der Waals surface area contributed by atoms with E-state index in [1.54, 1.807) is 18.2 Å². The topological polar surface area (TPSA) is 64.9 Å². The lowest BCUT2D eigenvalue weighted by molar-refractivity contribution is -0.112. The average molecular weight is 362 g/mol. The first-order chi connectivity index (χ1) is 12.6. The number of halogens is 1. The van der Waals surface area contributed by atoms with Crippen molar-refractivity contribution in [2.24, 2.45) is 0 Å².